The molecular weight excluding hydrogens is 310 g/mol. The average Bonchev–Trinajstić information content (AvgIpc) is 2.48. The lowest BCUT2D eigenvalue weighted by Gasteiger charge is -2.15. The van der Waals surface area contributed by atoms with E-state index in [0.717, 1.165) is 23.1 Å². The predicted molar refractivity (Wildman–Crippen MR) is 63.8 cm³/mol. The lowest BCUT2D eigenvalue weighted by molar-refractivity contribution is -0.116. The fraction of sp³-hybridized carbons (Fsp3) is 0.300. The number of halogens is 2. The molecule has 1 aromatic carbocycles. The predicted octanol–water partition coefficient (Wildman–Crippen LogP) is 2.95. The van der Waals surface area contributed by atoms with Crippen LogP contribution in [0.3, 0.4) is 0 Å². The van der Waals surface area contributed by atoms with Crippen LogP contribution in [-0.2, 0) is 4.79 Å². The van der Waals surface area contributed by atoms with Gasteiger partial charge in [-0.3, -0.25) is 4.79 Å². The fourth-order valence-electron chi connectivity index (χ4n) is 1.55. The number of hydrogen-bond acceptors (Lipinski definition) is 1. The first kappa shape index (κ1) is 10.2. The minimum Gasteiger partial charge on any atom is -0.311 e. The van der Waals surface area contributed by atoms with E-state index in [2.05, 4.69) is 31.9 Å². The second-order valence-corrected chi connectivity index (χ2v) is 5.25. The Labute approximate surface area is 99.5 Å². The molecule has 0 spiro atoms. The molecule has 1 atom stereocenters. The van der Waals surface area contributed by atoms with Crippen LogP contribution in [0.4, 0.5) is 5.69 Å². The fourth-order valence-corrected chi connectivity index (χ4v) is 2.38. The van der Waals surface area contributed by atoms with Crippen LogP contribution in [-0.4, -0.2) is 17.3 Å². The summed E-state index contributed by atoms with van der Waals surface area (Å²) in [6.07, 6.45) is 0.880. The normalized spacial score (nSPS) is 21.7. The molecule has 4 heteroatoms. The van der Waals surface area contributed by atoms with Gasteiger partial charge in [-0.1, -0.05) is 37.9 Å². The molecule has 1 aliphatic heterocycles. The van der Waals surface area contributed by atoms with Crippen LogP contribution in [0.25, 0.3) is 0 Å². The van der Waals surface area contributed by atoms with E-state index in [1.165, 1.54) is 0 Å². The Bertz CT molecular complexity index is 367. The van der Waals surface area contributed by atoms with Crippen molar-refractivity contribution in [2.24, 2.45) is 0 Å². The maximum Gasteiger partial charge on any atom is 0.240 e. The molecule has 14 heavy (non-hydrogen) atoms. The van der Waals surface area contributed by atoms with Crippen molar-refractivity contribution in [3.05, 3.63) is 28.7 Å². The minimum atomic E-state index is -0.0125. The molecule has 1 heterocycles. The summed E-state index contributed by atoms with van der Waals surface area (Å²) in [6, 6.07) is 7.81. The third kappa shape index (κ3) is 1.86. The zero-order valence-corrected chi connectivity index (χ0v) is 10.6. The van der Waals surface area contributed by atoms with Crippen molar-refractivity contribution in [1.82, 2.24) is 0 Å². The van der Waals surface area contributed by atoms with E-state index in [1.807, 2.05) is 29.2 Å². The highest BCUT2D eigenvalue weighted by molar-refractivity contribution is 9.10. The number of nitrogens with zero attached hydrogens (tertiary/aromatic N) is 1. The van der Waals surface area contributed by atoms with Gasteiger partial charge in [-0.25, -0.2) is 0 Å². The third-order valence-corrected chi connectivity index (χ3v) is 3.60. The number of carbonyl (C=O) groups excluding carboxylic acids is 1. The molecule has 0 aliphatic carbocycles. The van der Waals surface area contributed by atoms with E-state index in [1.54, 1.807) is 0 Å². The topological polar surface area (TPSA) is 20.3 Å². The smallest absolute Gasteiger partial charge is 0.240 e. The molecule has 0 saturated carbocycles. The molecule has 1 fully saturated rings. The summed E-state index contributed by atoms with van der Waals surface area (Å²) in [4.78, 5) is 13.5. The highest BCUT2D eigenvalue weighted by Crippen LogP contribution is 2.27. The molecule has 74 valence electrons. The van der Waals surface area contributed by atoms with Crippen LogP contribution in [0.15, 0.2) is 28.7 Å². The molecule has 1 saturated heterocycles. The van der Waals surface area contributed by atoms with E-state index >= 15 is 0 Å². The number of hydrogen-bond donors (Lipinski definition) is 0. The molecule has 1 amide bonds. The van der Waals surface area contributed by atoms with Crippen molar-refractivity contribution in [1.29, 1.82) is 0 Å². The first-order chi connectivity index (χ1) is 6.68. The van der Waals surface area contributed by atoms with Crippen molar-refractivity contribution in [2.75, 3.05) is 11.4 Å². The molecule has 2 nitrogen and oxygen atoms in total. The number of carbonyl (C=O) groups is 1. The van der Waals surface area contributed by atoms with Crippen LogP contribution >= 0.6 is 31.9 Å². The second kappa shape index (κ2) is 4.03. The summed E-state index contributed by atoms with van der Waals surface area (Å²) in [5, 5.41) is 0. The molecule has 2 rings (SSSR count). The second-order valence-electron chi connectivity index (χ2n) is 3.23. The van der Waals surface area contributed by atoms with Crippen LogP contribution in [0.2, 0.25) is 0 Å². The summed E-state index contributed by atoms with van der Waals surface area (Å²) in [7, 11) is 0. The van der Waals surface area contributed by atoms with Gasteiger partial charge in [-0.2, -0.15) is 0 Å². The number of rotatable bonds is 1. The van der Waals surface area contributed by atoms with Gasteiger partial charge in [0.05, 0.1) is 4.83 Å². The summed E-state index contributed by atoms with van der Waals surface area (Å²) < 4.78 is 1.00. The Balaban J connectivity index is 2.28. The first-order valence-corrected chi connectivity index (χ1v) is 6.10. The summed E-state index contributed by atoms with van der Waals surface area (Å²) in [5.74, 6) is 0.156. The Hall–Kier alpha value is -0.350. The summed E-state index contributed by atoms with van der Waals surface area (Å²) in [5.41, 5.74) is 0.964. The SMILES string of the molecule is O=C1C(Br)CCN1c1cccc(Br)c1. The Morgan fingerprint density at radius 2 is 2.21 bits per heavy atom. The molecule has 1 unspecified atom stereocenters. The first-order valence-electron chi connectivity index (χ1n) is 4.39. The Kier molecular flexibility index (Phi) is 2.93. The molecule has 1 aliphatic rings. The Morgan fingerprint density at radius 1 is 1.43 bits per heavy atom. The van der Waals surface area contributed by atoms with E-state index in [0.29, 0.717) is 0 Å². The monoisotopic (exact) mass is 317 g/mol. The van der Waals surface area contributed by atoms with Crippen LogP contribution in [0.1, 0.15) is 6.42 Å². The lowest BCUT2D eigenvalue weighted by atomic mass is 10.3. The molecule has 0 N–H and O–H groups in total. The van der Waals surface area contributed by atoms with Crippen molar-refractivity contribution in [2.45, 2.75) is 11.2 Å². The highest BCUT2D eigenvalue weighted by atomic mass is 79.9. The number of anilines is 1. The molecular formula is C10H9Br2NO. The largest absolute Gasteiger partial charge is 0.311 e. The zero-order valence-electron chi connectivity index (χ0n) is 7.41. The van der Waals surface area contributed by atoms with E-state index in [-0.39, 0.29) is 10.7 Å². The number of benzene rings is 1. The van der Waals surface area contributed by atoms with Gasteiger partial charge in [0, 0.05) is 16.7 Å². The van der Waals surface area contributed by atoms with Crippen molar-refractivity contribution < 1.29 is 4.79 Å². The quantitative estimate of drug-likeness (QED) is 0.729. The molecule has 0 aromatic heterocycles. The van der Waals surface area contributed by atoms with Gasteiger partial charge in [0.2, 0.25) is 5.91 Å². The maximum atomic E-state index is 11.7. The van der Waals surface area contributed by atoms with Gasteiger partial charge in [0.1, 0.15) is 0 Å². The molecule has 0 bridgehead atoms. The summed E-state index contributed by atoms with van der Waals surface area (Å²) >= 11 is 6.75. The highest BCUT2D eigenvalue weighted by Gasteiger charge is 2.30. The number of alkyl halides is 1. The molecule has 1 aromatic rings. The lowest BCUT2D eigenvalue weighted by Crippen LogP contribution is -2.26. The van der Waals surface area contributed by atoms with Crippen molar-refractivity contribution in [3.63, 3.8) is 0 Å². The van der Waals surface area contributed by atoms with Crippen molar-refractivity contribution in [3.8, 4) is 0 Å². The maximum absolute atomic E-state index is 11.7. The van der Waals surface area contributed by atoms with Crippen molar-refractivity contribution >= 4 is 43.5 Å². The standard InChI is InChI=1S/C10H9Br2NO/c11-7-2-1-3-8(6-7)13-5-4-9(12)10(13)14/h1-3,6,9H,4-5H2. The number of amides is 1. The van der Waals surface area contributed by atoms with E-state index in [4.69, 9.17) is 0 Å². The van der Waals surface area contributed by atoms with E-state index < -0.39 is 0 Å². The van der Waals surface area contributed by atoms with Gasteiger partial charge < -0.3 is 4.90 Å². The van der Waals surface area contributed by atoms with Crippen LogP contribution in [0, 0.1) is 0 Å². The average molecular weight is 319 g/mol. The minimum absolute atomic E-state index is 0.0125. The summed E-state index contributed by atoms with van der Waals surface area (Å²) in [6.45, 7) is 0.797. The van der Waals surface area contributed by atoms with Crippen LogP contribution < -0.4 is 4.90 Å². The van der Waals surface area contributed by atoms with Gasteiger partial charge >= 0.3 is 0 Å². The molecule has 0 radical (unpaired) electrons. The Morgan fingerprint density at radius 3 is 2.79 bits per heavy atom. The zero-order chi connectivity index (χ0) is 10.1. The van der Waals surface area contributed by atoms with Crippen LogP contribution in [0.5, 0.6) is 0 Å². The third-order valence-electron chi connectivity index (χ3n) is 2.26. The van der Waals surface area contributed by atoms with Gasteiger partial charge in [0.15, 0.2) is 0 Å². The van der Waals surface area contributed by atoms with Gasteiger partial charge in [-0.05, 0) is 24.6 Å². The van der Waals surface area contributed by atoms with Gasteiger partial charge in [0.25, 0.3) is 0 Å². The van der Waals surface area contributed by atoms with E-state index in [9.17, 15) is 4.79 Å². The van der Waals surface area contributed by atoms with Gasteiger partial charge in [-0.15, -0.1) is 0 Å².